The first-order valence-electron chi connectivity index (χ1n) is 5.78. The number of halogens is 2. The van der Waals surface area contributed by atoms with Gasteiger partial charge in [-0.05, 0) is 30.3 Å². The van der Waals surface area contributed by atoms with Crippen molar-refractivity contribution in [1.29, 1.82) is 0 Å². The van der Waals surface area contributed by atoms with Crippen molar-refractivity contribution in [3.8, 4) is 5.75 Å². The van der Waals surface area contributed by atoms with E-state index < -0.39 is 0 Å². The lowest BCUT2D eigenvalue weighted by Crippen LogP contribution is -2.20. The van der Waals surface area contributed by atoms with Crippen molar-refractivity contribution in [2.24, 2.45) is 0 Å². The zero-order valence-electron chi connectivity index (χ0n) is 10.4. The first kappa shape index (κ1) is 14.5. The van der Waals surface area contributed by atoms with Crippen LogP contribution in [0.15, 0.2) is 42.5 Å². The molecule has 0 aliphatic rings. The van der Waals surface area contributed by atoms with E-state index in [-0.39, 0.29) is 12.5 Å². The van der Waals surface area contributed by atoms with E-state index in [2.05, 4.69) is 5.32 Å². The van der Waals surface area contributed by atoms with Crippen LogP contribution < -0.4 is 15.8 Å². The van der Waals surface area contributed by atoms with Gasteiger partial charge in [-0.25, -0.2) is 0 Å². The molecule has 1 amide bonds. The molecule has 0 atom stereocenters. The van der Waals surface area contributed by atoms with Gasteiger partial charge in [0.15, 0.2) is 6.61 Å². The highest BCUT2D eigenvalue weighted by atomic mass is 35.5. The topological polar surface area (TPSA) is 64.3 Å². The minimum absolute atomic E-state index is 0.160. The largest absolute Gasteiger partial charge is 0.482 e. The molecule has 3 N–H and O–H groups in total. The van der Waals surface area contributed by atoms with Crippen LogP contribution in [-0.4, -0.2) is 12.5 Å². The molecule has 0 aliphatic carbocycles. The van der Waals surface area contributed by atoms with Gasteiger partial charge in [0.25, 0.3) is 5.91 Å². The third-order valence-electron chi connectivity index (χ3n) is 2.48. The summed E-state index contributed by atoms with van der Waals surface area (Å²) < 4.78 is 5.33. The van der Waals surface area contributed by atoms with E-state index in [1.807, 2.05) is 0 Å². The average Bonchev–Trinajstić information content (AvgIpc) is 2.41. The highest BCUT2D eigenvalue weighted by molar-refractivity contribution is 6.36. The summed E-state index contributed by atoms with van der Waals surface area (Å²) >= 11 is 11.7. The number of hydrogen-bond acceptors (Lipinski definition) is 3. The summed E-state index contributed by atoms with van der Waals surface area (Å²) in [6, 6.07) is 11.8. The third-order valence-corrected chi connectivity index (χ3v) is 3.03. The standard InChI is InChI=1S/C14H12Cl2N2O2/c15-9-5-6-12(10(16)7-9)18-14(19)8-20-13-4-2-1-3-11(13)17/h1-7H,8,17H2,(H,18,19). The van der Waals surface area contributed by atoms with Gasteiger partial charge in [0.2, 0.25) is 0 Å². The summed E-state index contributed by atoms with van der Waals surface area (Å²) in [7, 11) is 0. The maximum absolute atomic E-state index is 11.8. The molecule has 0 spiro atoms. The molecular formula is C14H12Cl2N2O2. The number of hydrogen-bond donors (Lipinski definition) is 2. The molecule has 2 aromatic rings. The number of nitrogen functional groups attached to an aromatic ring is 1. The minimum atomic E-state index is -0.336. The summed E-state index contributed by atoms with van der Waals surface area (Å²) in [5.74, 6) is 0.127. The Hall–Kier alpha value is -1.91. The van der Waals surface area contributed by atoms with Crippen molar-refractivity contribution in [3.05, 3.63) is 52.5 Å². The third kappa shape index (κ3) is 3.79. The van der Waals surface area contributed by atoms with Gasteiger partial charge in [-0.3, -0.25) is 4.79 Å². The number of nitrogens with one attached hydrogen (secondary N) is 1. The van der Waals surface area contributed by atoms with Crippen LogP contribution in [0.2, 0.25) is 10.0 Å². The Morgan fingerprint density at radius 1 is 1.20 bits per heavy atom. The number of carbonyl (C=O) groups is 1. The van der Waals surface area contributed by atoms with Crippen LogP contribution in [0, 0.1) is 0 Å². The summed E-state index contributed by atoms with van der Waals surface area (Å²) in [4.78, 5) is 11.8. The predicted octanol–water partition coefficient (Wildman–Crippen LogP) is 3.59. The smallest absolute Gasteiger partial charge is 0.262 e. The number of benzene rings is 2. The van der Waals surface area contributed by atoms with Crippen molar-refractivity contribution in [2.45, 2.75) is 0 Å². The Bertz CT molecular complexity index is 632. The molecule has 2 aromatic carbocycles. The summed E-state index contributed by atoms with van der Waals surface area (Å²) in [5, 5.41) is 3.50. The first-order valence-corrected chi connectivity index (χ1v) is 6.54. The first-order chi connectivity index (χ1) is 9.56. The fraction of sp³-hybridized carbons (Fsp3) is 0.0714. The van der Waals surface area contributed by atoms with Gasteiger partial charge in [-0.15, -0.1) is 0 Å². The van der Waals surface area contributed by atoms with Gasteiger partial charge in [-0.2, -0.15) is 0 Å². The maximum atomic E-state index is 11.8. The summed E-state index contributed by atoms with van der Waals surface area (Å²) in [6.45, 7) is -0.160. The van der Waals surface area contributed by atoms with Crippen molar-refractivity contribution >= 4 is 40.5 Å². The predicted molar refractivity (Wildman–Crippen MR) is 81.4 cm³/mol. The normalized spacial score (nSPS) is 10.1. The van der Waals surface area contributed by atoms with Gasteiger partial charge in [-0.1, -0.05) is 35.3 Å². The second-order valence-corrected chi connectivity index (χ2v) is 4.84. The van der Waals surface area contributed by atoms with E-state index in [0.717, 1.165) is 0 Å². The average molecular weight is 311 g/mol. The monoisotopic (exact) mass is 310 g/mol. The zero-order valence-corrected chi connectivity index (χ0v) is 11.9. The van der Waals surface area contributed by atoms with Crippen molar-refractivity contribution in [1.82, 2.24) is 0 Å². The molecule has 4 nitrogen and oxygen atoms in total. The van der Waals surface area contributed by atoms with E-state index >= 15 is 0 Å². The molecule has 0 saturated heterocycles. The molecule has 0 saturated carbocycles. The van der Waals surface area contributed by atoms with Gasteiger partial charge in [0, 0.05) is 5.02 Å². The molecule has 0 aliphatic heterocycles. The Labute approximate surface area is 126 Å². The number of carbonyl (C=O) groups excluding carboxylic acids is 1. The molecule has 20 heavy (non-hydrogen) atoms. The Balaban J connectivity index is 1.94. The molecule has 0 heterocycles. The fourth-order valence-electron chi connectivity index (χ4n) is 1.53. The number of nitrogens with two attached hydrogens (primary N) is 1. The van der Waals surface area contributed by atoms with Crippen LogP contribution in [0.1, 0.15) is 0 Å². The molecule has 0 bridgehead atoms. The molecule has 2 rings (SSSR count). The summed E-state index contributed by atoms with van der Waals surface area (Å²) in [5.41, 5.74) is 6.66. The highest BCUT2D eigenvalue weighted by Crippen LogP contribution is 2.25. The van der Waals surface area contributed by atoms with Crippen molar-refractivity contribution in [2.75, 3.05) is 17.7 Å². The molecule has 0 radical (unpaired) electrons. The minimum Gasteiger partial charge on any atom is -0.482 e. The van der Waals surface area contributed by atoms with E-state index in [9.17, 15) is 4.79 Å². The Kier molecular flexibility index (Phi) is 4.71. The van der Waals surface area contributed by atoms with Crippen LogP contribution in [0.5, 0.6) is 5.75 Å². The molecule has 0 aromatic heterocycles. The highest BCUT2D eigenvalue weighted by Gasteiger charge is 2.08. The second-order valence-electron chi connectivity index (χ2n) is 4.00. The molecule has 6 heteroatoms. The van der Waals surface area contributed by atoms with Crippen molar-refractivity contribution < 1.29 is 9.53 Å². The lowest BCUT2D eigenvalue weighted by atomic mass is 10.3. The van der Waals surface area contributed by atoms with Crippen LogP contribution in [-0.2, 0) is 4.79 Å². The lowest BCUT2D eigenvalue weighted by Gasteiger charge is -2.10. The molecule has 104 valence electrons. The Morgan fingerprint density at radius 2 is 1.95 bits per heavy atom. The number of rotatable bonds is 4. The number of anilines is 2. The quantitative estimate of drug-likeness (QED) is 0.848. The van der Waals surface area contributed by atoms with Crippen LogP contribution in [0.25, 0.3) is 0 Å². The van der Waals surface area contributed by atoms with E-state index in [0.29, 0.717) is 27.2 Å². The molecule has 0 unspecified atom stereocenters. The summed E-state index contributed by atoms with van der Waals surface area (Å²) in [6.07, 6.45) is 0. The number of para-hydroxylation sites is 2. The molecular weight excluding hydrogens is 299 g/mol. The van der Waals surface area contributed by atoms with E-state index in [1.165, 1.54) is 0 Å². The van der Waals surface area contributed by atoms with Gasteiger partial charge in [0.1, 0.15) is 5.75 Å². The zero-order chi connectivity index (χ0) is 14.5. The van der Waals surface area contributed by atoms with Crippen molar-refractivity contribution in [3.63, 3.8) is 0 Å². The van der Waals surface area contributed by atoms with E-state index in [4.69, 9.17) is 33.7 Å². The Morgan fingerprint density at radius 3 is 2.65 bits per heavy atom. The van der Waals surface area contributed by atoms with E-state index in [1.54, 1.807) is 42.5 Å². The molecule has 0 fully saturated rings. The fourth-order valence-corrected chi connectivity index (χ4v) is 1.99. The van der Waals surface area contributed by atoms with Crippen LogP contribution in [0.4, 0.5) is 11.4 Å². The number of amides is 1. The number of ether oxygens (including phenoxy) is 1. The van der Waals surface area contributed by atoms with Gasteiger partial charge < -0.3 is 15.8 Å². The van der Waals surface area contributed by atoms with Gasteiger partial charge in [0.05, 0.1) is 16.4 Å². The lowest BCUT2D eigenvalue weighted by molar-refractivity contribution is -0.118. The van der Waals surface area contributed by atoms with Gasteiger partial charge >= 0.3 is 0 Å². The SMILES string of the molecule is Nc1ccccc1OCC(=O)Nc1ccc(Cl)cc1Cl. The maximum Gasteiger partial charge on any atom is 0.262 e. The second kappa shape index (κ2) is 6.50. The van der Waals surface area contributed by atoms with Crippen LogP contribution >= 0.6 is 23.2 Å². The van der Waals surface area contributed by atoms with Crippen LogP contribution in [0.3, 0.4) is 0 Å².